The van der Waals surface area contributed by atoms with E-state index in [2.05, 4.69) is 20.3 Å². The Labute approximate surface area is 203 Å². The highest BCUT2D eigenvalue weighted by molar-refractivity contribution is 7.99. The molecule has 1 heterocycles. The Bertz CT molecular complexity index is 1240. The fraction of sp³-hybridized carbons (Fsp3) is 0.208. The van der Waals surface area contributed by atoms with Gasteiger partial charge < -0.3 is 10.6 Å². The number of anilines is 2. The van der Waals surface area contributed by atoms with Crippen LogP contribution in [0.5, 0.6) is 0 Å². The highest BCUT2D eigenvalue weighted by Gasteiger charge is 2.14. The van der Waals surface area contributed by atoms with Crippen LogP contribution in [0.2, 0.25) is 0 Å². The molecule has 0 saturated heterocycles. The number of benzene rings is 2. The van der Waals surface area contributed by atoms with Crippen molar-refractivity contribution in [3.8, 4) is 0 Å². The molecular formula is C24H26N4O4S2. The first-order valence-corrected chi connectivity index (χ1v) is 12.9. The van der Waals surface area contributed by atoms with Crippen molar-refractivity contribution >= 4 is 45.0 Å². The molecule has 178 valence electrons. The van der Waals surface area contributed by atoms with E-state index >= 15 is 0 Å². The number of pyridine rings is 1. The first-order valence-electron chi connectivity index (χ1n) is 10.6. The summed E-state index contributed by atoms with van der Waals surface area (Å²) in [5.74, 6) is -0.314. The molecule has 1 aromatic heterocycles. The van der Waals surface area contributed by atoms with Gasteiger partial charge in [0.15, 0.2) is 0 Å². The van der Waals surface area contributed by atoms with Gasteiger partial charge in [0.1, 0.15) is 5.03 Å². The third kappa shape index (κ3) is 7.06. The molecule has 3 rings (SSSR count). The molecular weight excluding hydrogens is 472 g/mol. The zero-order valence-electron chi connectivity index (χ0n) is 19.0. The van der Waals surface area contributed by atoms with Crippen molar-refractivity contribution in [3.63, 3.8) is 0 Å². The maximum absolute atomic E-state index is 12.7. The average molecular weight is 499 g/mol. The van der Waals surface area contributed by atoms with Crippen LogP contribution in [-0.2, 0) is 14.8 Å². The van der Waals surface area contributed by atoms with E-state index in [1.54, 1.807) is 55.5 Å². The molecule has 0 fully saturated rings. The van der Waals surface area contributed by atoms with Crippen molar-refractivity contribution in [2.75, 3.05) is 10.0 Å². The molecule has 0 radical (unpaired) electrons. The number of nitrogens with one attached hydrogen (secondary N) is 3. The van der Waals surface area contributed by atoms with E-state index in [0.717, 1.165) is 4.90 Å². The first-order chi connectivity index (χ1) is 16.2. The summed E-state index contributed by atoms with van der Waals surface area (Å²) in [5.41, 5.74) is 1.44. The summed E-state index contributed by atoms with van der Waals surface area (Å²) in [6.45, 7) is 5.53. The second-order valence-corrected chi connectivity index (χ2v) is 10.4. The molecule has 0 aliphatic heterocycles. The lowest BCUT2D eigenvalue weighted by Gasteiger charge is -2.10. The minimum Gasteiger partial charge on any atom is -0.350 e. The van der Waals surface area contributed by atoms with Crippen LogP contribution in [0.1, 0.15) is 37.6 Å². The Morgan fingerprint density at radius 2 is 1.59 bits per heavy atom. The molecule has 0 unspecified atom stereocenters. The highest BCUT2D eigenvalue weighted by Crippen LogP contribution is 2.28. The molecule has 0 bridgehead atoms. The van der Waals surface area contributed by atoms with Crippen molar-refractivity contribution in [2.45, 2.75) is 48.1 Å². The summed E-state index contributed by atoms with van der Waals surface area (Å²) in [6.07, 6.45) is 1.87. The van der Waals surface area contributed by atoms with Crippen molar-refractivity contribution in [2.24, 2.45) is 0 Å². The fourth-order valence-electron chi connectivity index (χ4n) is 2.81. The van der Waals surface area contributed by atoms with E-state index in [4.69, 9.17) is 0 Å². The van der Waals surface area contributed by atoms with Crippen LogP contribution in [0.15, 0.2) is 81.7 Å². The molecule has 2 amide bonds. The number of rotatable bonds is 9. The normalized spacial score (nSPS) is 11.2. The van der Waals surface area contributed by atoms with E-state index in [1.807, 2.05) is 13.8 Å². The number of aromatic nitrogens is 1. The third-order valence-corrected chi connectivity index (χ3v) is 6.87. The van der Waals surface area contributed by atoms with Crippen molar-refractivity contribution in [1.82, 2.24) is 10.3 Å². The second kappa shape index (κ2) is 11.2. The lowest BCUT2D eigenvalue weighted by atomic mass is 10.2. The molecule has 3 aromatic rings. The average Bonchev–Trinajstić information content (AvgIpc) is 2.80. The minimum atomic E-state index is -3.78. The first kappa shape index (κ1) is 25.3. The number of hydrogen-bond acceptors (Lipinski definition) is 6. The summed E-state index contributed by atoms with van der Waals surface area (Å²) < 4.78 is 27.9. The second-order valence-electron chi connectivity index (χ2n) is 7.67. The SMILES string of the molecule is CCC(=O)Nc1ccc(S(=O)(=O)Nc2ccc(Sc3ccc(C(=O)NC(C)C)cn3)cc2)cc1. The quantitative estimate of drug-likeness (QED) is 0.399. The van der Waals surface area contributed by atoms with Crippen molar-refractivity contribution in [1.29, 1.82) is 0 Å². The van der Waals surface area contributed by atoms with Gasteiger partial charge in [-0.1, -0.05) is 18.7 Å². The standard InChI is InChI=1S/C24H26N4O4S2/c1-4-22(29)27-18-8-12-21(13-9-18)34(31,32)28-19-6-10-20(11-7-19)33-23-14-5-17(15-25-23)24(30)26-16(2)3/h5-16,28H,4H2,1-3H3,(H,26,30)(H,27,29). The number of sulfonamides is 1. The number of carbonyl (C=O) groups excluding carboxylic acids is 2. The zero-order valence-corrected chi connectivity index (χ0v) is 20.7. The van der Waals surface area contributed by atoms with E-state index in [9.17, 15) is 18.0 Å². The number of carbonyl (C=O) groups is 2. The van der Waals surface area contributed by atoms with E-state index in [0.29, 0.717) is 28.4 Å². The van der Waals surface area contributed by atoms with Crippen LogP contribution in [0.3, 0.4) is 0 Å². The molecule has 3 N–H and O–H groups in total. The van der Waals surface area contributed by atoms with Gasteiger partial charge in [-0.3, -0.25) is 14.3 Å². The number of hydrogen-bond donors (Lipinski definition) is 3. The summed E-state index contributed by atoms with van der Waals surface area (Å²) in [5, 5.41) is 6.21. The summed E-state index contributed by atoms with van der Waals surface area (Å²) in [7, 11) is -3.78. The van der Waals surface area contributed by atoms with Crippen LogP contribution in [-0.4, -0.2) is 31.3 Å². The van der Waals surface area contributed by atoms with Gasteiger partial charge in [0, 0.05) is 34.9 Å². The predicted molar refractivity (Wildman–Crippen MR) is 134 cm³/mol. The van der Waals surface area contributed by atoms with E-state index in [-0.39, 0.29) is 22.8 Å². The van der Waals surface area contributed by atoms with Crippen LogP contribution in [0.4, 0.5) is 11.4 Å². The third-order valence-electron chi connectivity index (χ3n) is 4.52. The van der Waals surface area contributed by atoms with Crippen molar-refractivity contribution in [3.05, 3.63) is 72.4 Å². The lowest BCUT2D eigenvalue weighted by Crippen LogP contribution is -2.30. The Morgan fingerprint density at radius 3 is 2.15 bits per heavy atom. The maximum Gasteiger partial charge on any atom is 0.261 e. The molecule has 0 saturated carbocycles. The molecule has 8 nitrogen and oxygen atoms in total. The Kier molecular flexibility index (Phi) is 8.30. The largest absolute Gasteiger partial charge is 0.350 e. The van der Waals surface area contributed by atoms with Crippen LogP contribution in [0.25, 0.3) is 0 Å². The summed E-state index contributed by atoms with van der Waals surface area (Å²) in [4.78, 5) is 28.8. The van der Waals surface area contributed by atoms with Crippen LogP contribution in [0, 0.1) is 0 Å². The number of amides is 2. The fourth-order valence-corrected chi connectivity index (χ4v) is 4.63. The van der Waals surface area contributed by atoms with Crippen molar-refractivity contribution < 1.29 is 18.0 Å². The van der Waals surface area contributed by atoms with Gasteiger partial charge in [-0.2, -0.15) is 0 Å². The summed E-state index contributed by atoms with van der Waals surface area (Å²) in [6, 6.07) is 16.4. The topological polar surface area (TPSA) is 117 Å². The van der Waals surface area contributed by atoms with Gasteiger partial charge in [-0.05, 0) is 74.5 Å². The van der Waals surface area contributed by atoms with Gasteiger partial charge in [0.25, 0.3) is 15.9 Å². The summed E-state index contributed by atoms with van der Waals surface area (Å²) >= 11 is 1.40. The Morgan fingerprint density at radius 1 is 0.941 bits per heavy atom. The smallest absolute Gasteiger partial charge is 0.261 e. The maximum atomic E-state index is 12.7. The minimum absolute atomic E-state index is 0.0466. The monoisotopic (exact) mass is 498 g/mol. The van der Waals surface area contributed by atoms with Gasteiger partial charge in [0.05, 0.1) is 10.5 Å². The predicted octanol–water partition coefficient (Wildman–Crippen LogP) is 4.52. The molecule has 2 aromatic carbocycles. The zero-order chi connectivity index (χ0) is 24.7. The van der Waals surface area contributed by atoms with E-state index in [1.165, 1.54) is 30.1 Å². The van der Waals surface area contributed by atoms with Gasteiger partial charge in [-0.25, -0.2) is 13.4 Å². The van der Waals surface area contributed by atoms with Gasteiger partial charge in [-0.15, -0.1) is 0 Å². The van der Waals surface area contributed by atoms with Crippen LogP contribution < -0.4 is 15.4 Å². The van der Waals surface area contributed by atoms with Gasteiger partial charge in [0.2, 0.25) is 5.91 Å². The highest BCUT2D eigenvalue weighted by atomic mass is 32.2. The Balaban J connectivity index is 1.62. The molecule has 34 heavy (non-hydrogen) atoms. The molecule has 0 aliphatic carbocycles. The molecule has 0 atom stereocenters. The molecule has 0 spiro atoms. The molecule has 10 heteroatoms. The van der Waals surface area contributed by atoms with Crippen LogP contribution >= 0.6 is 11.8 Å². The lowest BCUT2D eigenvalue weighted by molar-refractivity contribution is -0.115. The molecule has 0 aliphatic rings. The Hall–Kier alpha value is -3.37. The van der Waals surface area contributed by atoms with E-state index < -0.39 is 10.0 Å². The number of nitrogens with zero attached hydrogens (tertiary/aromatic N) is 1. The van der Waals surface area contributed by atoms with Gasteiger partial charge >= 0.3 is 0 Å².